The molecule has 5 nitrogen and oxygen atoms in total. The maximum absolute atomic E-state index is 13.2. The number of sulfonamides is 1. The second-order valence-corrected chi connectivity index (χ2v) is 8.23. The Kier molecular flexibility index (Phi) is 4.11. The highest BCUT2D eigenvalue weighted by Gasteiger charge is 2.44. The Morgan fingerprint density at radius 2 is 1.84 bits per heavy atom. The second kappa shape index (κ2) is 6.17. The predicted molar refractivity (Wildman–Crippen MR) is 91.1 cm³/mol. The molecule has 0 atom stereocenters. The van der Waals surface area contributed by atoms with Gasteiger partial charge in [0.2, 0.25) is 10.0 Å². The summed E-state index contributed by atoms with van der Waals surface area (Å²) >= 11 is 0. The molecule has 0 aliphatic carbocycles. The van der Waals surface area contributed by atoms with Crippen molar-refractivity contribution in [3.05, 3.63) is 65.0 Å². The number of fused-ring (bicyclic) bond motifs is 1. The smallest absolute Gasteiger partial charge is 0.241 e. The molecule has 0 radical (unpaired) electrons. The van der Waals surface area contributed by atoms with Crippen molar-refractivity contribution >= 4 is 10.0 Å². The lowest BCUT2D eigenvalue weighted by atomic mass is 9.89. The first-order chi connectivity index (χ1) is 12.0. The fourth-order valence-electron chi connectivity index (χ4n) is 3.30. The molecule has 132 valence electrons. The molecule has 2 aliphatic rings. The van der Waals surface area contributed by atoms with Crippen molar-refractivity contribution in [2.75, 3.05) is 19.8 Å². The zero-order chi connectivity index (χ0) is 17.5. The van der Waals surface area contributed by atoms with Gasteiger partial charge in [0, 0.05) is 6.54 Å². The Labute approximate surface area is 146 Å². The summed E-state index contributed by atoms with van der Waals surface area (Å²) in [6.07, 6.45) is 0.810. The van der Waals surface area contributed by atoms with Gasteiger partial charge in [-0.1, -0.05) is 18.2 Å². The third-order valence-electron chi connectivity index (χ3n) is 4.80. The maximum atomic E-state index is 13.2. The molecule has 2 aromatic rings. The van der Waals surface area contributed by atoms with Crippen LogP contribution in [0.15, 0.2) is 47.4 Å². The Hall–Kier alpha value is -1.80. The van der Waals surface area contributed by atoms with Crippen LogP contribution in [0.4, 0.5) is 4.39 Å². The summed E-state index contributed by atoms with van der Waals surface area (Å²) in [6, 6.07) is 11.1. The van der Waals surface area contributed by atoms with Gasteiger partial charge in [-0.05, 0) is 53.9 Å². The first-order valence-corrected chi connectivity index (χ1v) is 9.67. The van der Waals surface area contributed by atoms with Crippen molar-refractivity contribution in [2.24, 2.45) is 0 Å². The number of hydrogen-bond acceptors (Lipinski definition) is 4. The van der Waals surface area contributed by atoms with Gasteiger partial charge in [0.15, 0.2) is 0 Å². The fourth-order valence-corrected chi connectivity index (χ4v) is 4.71. The Balaban J connectivity index is 1.65. The minimum atomic E-state index is -3.71. The van der Waals surface area contributed by atoms with Gasteiger partial charge in [0.1, 0.15) is 11.4 Å². The highest BCUT2D eigenvalue weighted by atomic mass is 32.2. The first kappa shape index (κ1) is 16.7. The van der Waals surface area contributed by atoms with Crippen molar-refractivity contribution in [1.29, 1.82) is 0 Å². The predicted octanol–water partition coefficient (Wildman–Crippen LogP) is 1.68. The van der Waals surface area contributed by atoms with Crippen molar-refractivity contribution in [1.82, 2.24) is 10.0 Å². The minimum Gasteiger partial charge on any atom is -0.377 e. The molecular formula is C18H19FN2O3S. The quantitative estimate of drug-likeness (QED) is 0.868. The van der Waals surface area contributed by atoms with E-state index in [9.17, 15) is 12.8 Å². The van der Waals surface area contributed by atoms with E-state index in [1.807, 2.05) is 6.07 Å². The molecular weight excluding hydrogens is 343 g/mol. The summed E-state index contributed by atoms with van der Waals surface area (Å²) in [7, 11) is -3.71. The zero-order valence-corrected chi connectivity index (χ0v) is 14.4. The topological polar surface area (TPSA) is 67.4 Å². The monoisotopic (exact) mass is 362 g/mol. The van der Waals surface area contributed by atoms with Crippen LogP contribution in [0.25, 0.3) is 0 Å². The molecule has 0 aromatic heterocycles. The average Bonchev–Trinajstić information content (AvgIpc) is 2.58. The molecule has 2 aliphatic heterocycles. The average molecular weight is 362 g/mol. The summed E-state index contributed by atoms with van der Waals surface area (Å²) in [6.45, 7) is 2.06. The summed E-state index contributed by atoms with van der Waals surface area (Å²) in [5.74, 6) is -0.356. The van der Waals surface area contributed by atoms with E-state index in [2.05, 4.69) is 10.0 Å². The highest BCUT2D eigenvalue weighted by Crippen LogP contribution is 2.32. The van der Waals surface area contributed by atoms with E-state index in [0.717, 1.165) is 30.6 Å². The van der Waals surface area contributed by atoms with Crippen LogP contribution in [0, 0.1) is 5.82 Å². The summed E-state index contributed by atoms with van der Waals surface area (Å²) in [4.78, 5) is 0.251. The van der Waals surface area contributed by atoms with Crippen LogP contribution in [0.2, 0.25) is 0 Å². The van der Waals surface area contributed by atoms with Gasteiger partial charge >= 0.3 is 0 Å². The lowest BCUT2D eigenvalue weighted by Gasteiger charge is -2.42. The molecule has 2 aromatic carbocycles. The fraction of sp³-hybridized carbons (Fsp3) is 0.333. The maximum Gasteiger partial charge on any atom is 0.241 e. The number of nitrogens with one attached hydrogen (secondary N) is 2. The third-order valence-corrected chi connectivity index (χ3v) is 6.33. The number of hydrogen-bond donors (Lipinski definition) is 2. The SMILES string of the molecule is O=S(=O)(NC1(c2ccc(F)cc2)COC1)c1ccc2c(c1)CCNC2. The number of rotatable bonds is 4. The summed E-state index contributed by atoms with van der Waals surface area (Å²) in [5.41, 5.74) is 2.04. The van der Waals surface area contributed by atoms with E-state index in [4.69, 9.17) is 4.74 Å². The van der Waals surface area contributed by atoms with Gasteiger partial charge in [-0.25, -0.2) is 12.8 Å². The van der Waals surface area contributed by atoms with E-state index in [1.54, 1.807) is 24.3 Å². The number of ether oxygens (including phenoxy) is 1. The van der Waals surface area contributed by atoms with Crippen molar-refractivity contribution in [3.63, 3.8) is 0 Å². The summed E-state index contributed by atoms with van der Waals surface area (Å²) in [5, 5.41) is 3.27. The molecule has 7 heteroatoms. The van der Waals surface area contributed by atoms with Gasteiger partial charge in [-0.15, -0.1) is 0 Å². The van der Waals surface area contributed by atoms with Crippen LogP contribution >= 0.6 is 0 Å². The molecule has 1 fully saturated rings. The first-order valence-electron chi connectivity index (χ1n) is 8.19. The Bertz CT molecular complexity index is 893. The molecule has 2 heterocycles. The molecule has 25 heavy (non-hydrogen) atoms. The van der Waals surface area contributed by atoms with Crippen LogP contribution in [0.3, 0.4) is 0 Å². The number of benzene rings is 2. The van der Waals surface area contributed by atoms with Crippen molar-refractivity contribution in [3.8, 4) is 0 Å². The van der Waals surface area contributed by atoms with Gasteiger partial charge < -0.3 is 10.1 Å². The van der Waals surface area contributed by atoms with Gasteiger partial charge in [0.05, 0.1) is 18.1 Å². The largest absolute Gasteiger partial charge is 0.377 e. The molecule has 0 bridgehead atoms. The van der Waals surface area contributed by atoms with Crippen LogP contribution in [0.1, 0.15) is 16.7 Å². The van der Waals surface area contributed by atoms with Crippen LogP contribution < -0.4 is 10.0 Å². The van der Waals surface area contributed by atoms with Crippen molar-refractivity contribution in [2.45, 2.75) is 23.4 Å². The van der Waals surface area contributed by atoms with Crippen LogP contribution in [-0.4, -0.2) is 28.2 Å². The van der Waals surface area contributed by atoms with Crippen molar-refractivity contribution < 1.29 is 17.5 Å². The van der Waals surface area contributed by atoms with E-state index in [1.165, 1.54) is 12.1 Å². The normalized spacial score (nSPS) is 19.1. The molecule has 0 amide bonds. The molecule has 0 unspecified atom stereocenters. The molecule has 0 saturated carbocycles. The van der Waals surface area contributed by atoms with E-state index in [0.29, 0.717) is 5.56 Å². The lowest BCUT2D eigenvalue weighted by molar-refractivity contribution is -0.0664. The molecule has 4 rings (SSSR count). The Morgan fingerprint density at radius 3 is 2.52 bits per heavy atom. The zero-order valence-electron chi connectivity index (χ0n) is 13.6. The lowest BCUT2D eigenvalue weighted by Crippen LogP contribution is -2.59. The molecule has 1 saturated heterocycles. The number of halogens is 1. The molecule has 0 spiro atoms. The highest BCUT2D eigenvalue weighted by molar-refractivity contribution is 7.89. The minimum absolute atomic E-state index is 0.229. The third kappa shape index (κ3) is 3.08. The molecule has 2 N–H and O–H groups in total. The van der Waals surface area contributed by atoms with E-state index in [-0.39, 0.29) is 23.9 Å². The standard InChI is InChI=1S/C18H19FN2O3S/c19-16-4-2-15(3-5-16)18(11-24-12-18)21-25(22,23)17-6-1-14-10-20-8-7-13(14)9-17/h1-6,9,20-21H,7-8,10-12H2. The van der Waals surface area contributed by atoms with Gasteiger partial charge in [0.25, 0.3) is 0 Å². The summed E-state index contributed by atoms with van der Waals surface area (Å²) < 4.78 is 47.0. The van der Waals surface area contributed by atoms with Gasteiger partial charge in [-0.3, -0.25) is 0 Å². The second-order valence-electron chi connectivity index (χ2n) is 6.54. The van der Waals surface area contributed by atoms with Crippen LogP contribution in [-0.2, 0) is 33.3 Å². The van der Waals surface area contributed by atoms with E-state index >= 15 is 0 Å². The van der Waals surface area contributed by atoms with Crippen LogP contribution in [0.5, 0.6) is 0 Å². The Morgan fingerprint density at radius 1 is 1.08 bits per heavy atom. The van der Waals surface area contributed by atoms with Gasteiger partial charge in [-0.2, -0.15) is 4.72 Å². The van der Waals surface area contributed by atoms with E-state index < -0.39 is 15.6 Å².